The van der Waals surface area contributed by atoms with Gasteiger partial charge in [0.2, 0.25) is 0 Å². The summed E-state index contributed by atoms with van der Waals surface area (Å²) in [5.74, 6) is -0.220. The third kappa shape index (κ3) is 4.31. The molecule has 0 aliphatic carbocycles. The van der Waals surface area contributed by atoms with Gasteiger partial charge >= 0.3 is 6.03 Å². The van der Waals surface area contributed by atoms with E-state index in [0.29, 0.717) is 29.4 Å². The van der Waals surface area contributed by atoms with Crippen LogP contribution in [0.3, 0.4) is 0 Å². The first-order valence-corrected chi connectivity index (χ1v) is 10.5. The van der Waals surface area contributed by atoms with E-state index in [1.165, 1.54) is 17.3 Å². The van der Waals surface area contributed by atoms with E-state index in [9.17, 15) is 9.59 Å². The molecule has 0 atom stereocenters. The van der Waals surface area contributed by atoms with Gasteiger partial charge in [-0.05, 0) is 61.9 Å². The molecule has 1 saturated heterocycles. The summed E-state index contributed by atoms with van der Waals surface area (Å²) in [6.07, 6.45) is 1.69. The van der Waals surface area contributed by atoms with Crippen LogP contribution >= 0.6 is 11.8 Å². The molecular weight excluding hydrogens is 396 g/mol. The molecule has 2 aromatic carbocycles. The summed E-state index contributed by atoms with van der Waals surface area (Å²) >= 11 is 1.48. The second-order valence-corrected chi connectivity index (χ2v) is 8.14. The van der Waals surface area contributed by atoms with Crippen LogP contribution in [-0.2, 0) is 0 Å². The fraction of sp³-hybridized carbons (Fsp3) is 0.174. The third-order valence-corrected chi connectivity index (χ3v) is 6.04. The monoisotopic (exact) mass is 418 g/mol. The average Bonchev–Trinajstić information content (AvgIpc) is 3.17. The van der Waals surface area contributed by atoms with Crippen molar-refractivity contribution in [1.82, 2.24) is 10.3 Å². The normalized spacial score (nSPS) is 13.3. The van der Waals surface area contributed by atoms with Gasteiger partial charge in [-0.2, -0.15) is 0 Å². The third-order valence-electron chi connectivity index (χ3n) is 4.85. The largest absolute Gasteiger partial charge is 0.336 e. The molecule has 1 fully saturated rings. The lowest BCUT2D eigenvalue weighted by molar-refractivity contribution is 0.102. The minimum Gasteiger partial charge on any atom is -0.336 e. The number of carbonyl (C=O) groups is 2. The first-order valence-electron chi connectivity index (χ1n) is 9.68. The molecule has 0 unspecified atom stereocenters. The Morgan fingerprint density at radius 1 is 1.13 bits per heavy atom. The number of pyridine rings is 1. The molecule has 1 aliphatic rings. The van der Waals surface area contributed by atoms with Gasteiger partial charge in [0.15, 0.2) is 0 Å². The molecule has 152 valence electrons. The maximum atomic E-state index is 12.9. The van der Waals surface area contributed by atoms with Crippen molar-refractivity contribution in [3.05, 3.63) is 77.5 Å². The van der Waals surface area contributed by atoms with Crippen LogP contribution in [0.15, 0.2) is 70.7 Å². The summed E-state index contributed by atoms with van der Waals surface area (Å²) in [6, 6.07) is 16.9. The Balaban J connectivity index is 1.50. The number of benzene rings is 2. The Morgan fingerprint density at radius 3 is 2.63 bits per heavy atom. The molecule has 3 aromatic rings. The zero-order valence-corrected chi connectivity index (χ0v) is 17.6. The highest BCUT2D eigenvalue weighted by molar-refractivity contribution is 7.99. The molecule has 0 saturated carbocycles. The topological polar surface area (TPSA) is 74.3 Å². The minimum atomic E-state index is -0.220. The van der Waals surface area contributed by atoms with Crippen molar-refractivity contribution in [3.63, 3.8) is 0 Å². The zero-order chi connectivity index (χ0) is 21.1. The second kappa shape index (κ2) is 8.59. The highest BCUT2D eigenvalue weighted by Gasteiger charge is 2.21. The number of aryl methyl sites for hydroxylation is 2. The first kappa shape index (κ1) is 20.0. The lowest BCUT2D eigenvalue weighted by atomic mass is 10.2. The van der Waals surface area contributed by atoms with Crippen LogP contribution in [0.4, 0.5) is 16.2 Å². The van der Waals surface area contributed by atoms with Gasteiger partial charge < -0.3 is 10.6 Å². The zero-order valence-electron chi connectivity index (χ0n) is 16.8. The van der Waals surface area contributed by atoms with Crippen LogP contribution < -0.4 is 15.5 Å². The SMILES string of the molecule is Cc1ccc(Sc2ncccc2C(=O)Nc2ccc(N3CCNC3=O)cc2)c(C)c1. The van der Waals surface area contributed by atoms with Gasteiger partial charge in [0.05, 0.1) is 5.56 Å². The summed E-state index contributed by atoms with van der Waals surface area (Å²) < 4.78 is 0. The highest BCUT2D eigenvalue weighted by Crippen LogP contribution is 2.32. The predicted molar refractivity (Wildman–Crippen MR) is 119 cm³/mol. The molecule has 0 radical (unpaired) electrons. The average molecular weight is 419 g/mol. The molecule has 7 heteroatoms. The number of nitrogens with zero attached hydrogens (tertiary/aromatic N) is 2. The van der Waals surface area contributed by atoms with Gasteiger partial charge in [0, 0.05) is 35.6 Å². The number of urea groups is 1. The van der Waals surface area contributed by atoms with Crippen LogP contribution in [-0.4, -0.2) is 30.0 Å². The summed E-state index contributed by atoms with van der Waals surface area (Å²) in [7, 11) is 0. The molecule has 30 heavy (non-hydrogen) atoms. The predicted octanol–water partition coefficient (Wildman–Crippen LogP) is 4.63. The highest BCUT2D eigenvalue weighted by atomic mass is 32.2. The quantitative estimate of drug-likeness (QED) is 0.633. The van der Waals surface area contributed by atoms with Crippen LogP contribution in [0.1, 0.15) is 21.5 Å². The molecule has 6 nitrogen and oxygen atoms in total. The molecule has 1 aliphatic heterocycles. The molecule has 3 amide bonds. The Labute approximate surface area is 179 Å². The Bertz CT molecular complexity index is 1100. The van der Waals surface area contributed by atoms with Crippen LogP contribution in [0.2, 0.25) is 0 Å². The van der Waals surface area contributed by atoms with Crippen molar-refractivity contribution >= 4 is 35.1 Å². The maximum Gasteiger partial charge on any atom is 0.321 e. The molecule has 4 rings (SSSR count). The van der Waals surface area contributed by atoms with Gasteiger partial charge in [0.25, 0.3) is 5.91 Å². The lowest BCUT2D eigenvalue weighted by Crippen LogP contribution is -2.27. The van der Waals surface area contributed by atoms with Crippen LogP contribution in [0.5, 0.6) is 0 Å². The Hall–Kier alpha value is -3.32. The van der Waals surface area contributed by atoms with E-state index in [1.807, 2.05) is 12.1 Å². The van der Waals surface area contributed by atoms with Gasteiger partial charge in [-0.3, -0.25) is 9.69 Å². The van der Waals surface area contributed by atoms with E-state index >= 15 is 0 Å². The maximum absolute atomic E-state index is 12.9. The fourth-order valence-corrected chi connectivity index (χ4v) is 4.25. The summed E-state index contributed by atoms with van der Waals surface area (Å²) in [6.45, 7) is 5.39. The second-order valence-electron chi connectivity index (χ2n) is 7.11. The van der Waals surface area contributed by atoms with Crippen molar-refractivity contribution in [2.45, 2.75) is 23.8 Å². The fourth-order valence-electron chi connectivity index (χ4n) is 3.30. The van der Waals surface area contributed by atoms with E-state index < -0.39 is 0 Å². The van der Waals surface area contributed by atoms with Gasteiger partial charge in [-0.25, -0.2) is 9.78 Å². The van der Waals surface area contributed by atoms with Crippen molar-refractivity contribution in [2.75, 3.05) is 23.3 Å². The number of hydrogen-bond acceptors (Lipinski definition) is 4. The van der Waals surface area contributed by atoms with Crippen LogP contribution in [0.25, 0.3) is 0 Å². The number of carbonyl (C=O) groups excluding carboxylic acids is 2. The summed E-state index contributed by atoms with van der Waals surface area (Å²) in [5, 5.41) is 6.36. The number of amides is 3. The molecule has 2 N–H and O–H groups in total. The smallest absolute Gasteiger partial charge is 0.321 e. The molecule has 0 spiro atoms. The molecule has 2 heterocycles. The Kier molecular flexibility index (Phi) is 5.72. The van der Waals surface area contributed by atoms with E-state index in [1.54, 1.807) is 35.4 Å². The molecular formula is C23H22N4O2S. The van der Waals surface area contributed by atoms with E-state index in [2.05, 4.69) is 47.7 Å². The molecule has 0 bridgehead atoms. The molecule has 1 aromatic heterocycles. The Morgan fingerprint density at radius 2 is 1.93 bits per heavy atom. The first-order chi connectivity index (χ1) is 14.5. The van der Waals surface area contributed by atoms with Gasteiger partial charge in [0.1, 0.15) is 5.03 Å². The van der Waals surface area contributed by atoms with Crippen molar-refractivity contribution in [1.29, 1.82) is 0 Å². The number of aromatic nitrogens is 1. The van der Waals surface area contributed by atoms with Crippen LogP contribution in [0, 0.1) is 13.8 Å². The van der Waals surface area contributed by atoms with Crippen molar-refractivity contribution in [2.24, 2.45) is 0 Å². The van der Waals surface area contributed by atoms with Gasteiger partial charge in [-0.1, -0.05) is 29.5 Å². The lowest BCUT2D eigenvalue weighted by Gasteiger charge is -2.15. The van der Waals surface area contributed by atoms with Crippen molar-refractivity contribution < 1.29 is 9.59 Å². The number of hydrogen-bond donors (Lipinski definition) is 2. The summed E-state index contributed by atoms with van der Waals surface area (Å²) in [4.78, 5) is 31.9. The van der Waals surface area contributed by atoms with E-state index in [4.69, 9.17) is 0 Å². The number of nitrogens with one attached hydrogen (secondary N) is 2. The standard InChI is InChI=1S/C23H22N4O2S/c1-15-5-10-20(16(2)14-15)30-22-19(4-3-11-24-22)21(28)26-17-6-8-18(9-7-17)27-13-12-25-23(27)29/h3-11,14H,12-13H2,1-2H3,(H,25,29)(H,26,28). The number of anilines is 2. The summed E-state index contributed by atoms with van der Waals surface area (Å²) in [5.41, 5.74) is 4.33. The number of rotatable bonds is 5. The van der Waals surface area contributed by atoms with E-state index in [0.717, 1.165) is 16.1 Å². The van der Waals surface area contributed by atoms with Gasteiger partial charge in [-0.15, -0.1) is 0 Å². The minimum absolute atomic E-state index is 0.102. The van der Waals surface area contributed by atoms with E-state index in [-0.39, 0.29) is 11.9 Å². The van der Waals surface area contributed by atoms with Crippen molar-refractivity contribution in [3.8, 4) is 0 Å².